The van der Waals surface area contributed by atoms with Crippen molar-refractivity contribution in [2.24, 2.45) is 5.92 Å². The summed E-state index contributed by atoms with van der Waals surface area (Å²) < 4.78 is 7.30. The fraction of sp³-hybridized carbons (Fsp3) is 0.667. The molecule has 1 nitrogen and oxygen atoms in total. The van der Waals surface area contributed by atoms with Crippen LogP contribution < -0.4 is 0 Å². The Labute approximate surface area is 64.5 Å². The molecule has 0 fully saturated rings. The van der Waals surface area contributed by atoms with E-state index in [4.69, 9.17) is 1.37 Å². The van der Waals surface area contributed by atoms with E-state index in [0.717, 1.165) is 24.7 Å². The average Bonchev–Trinajstić information content (AvgIpc) is 1.99. The molecule has 0 spiro atoms. The molecule has 0 aliphatic heterocycles. The van der Waals surface area contributed by atoms with E-state index in [2.05, 4.69) is 6.58 Å². The van der Waals surface area contributed by atoms with Crippen molar-refractivity contribution < 1.29 is 6.17 Å². The van der Waals surface area contributed by atoms with Crippen LogP contribution in [0.4, 0.5) is 0 Å². The molecule has 2 atom stereocenters. The summed E-state index contributed by atoms with van der Waals surface area (Å²) in [4.78, 5) is 10.2. The number of carbonyl (C=O) groups is 1. The summed E-state index contributed by atoms with van der Waals surface area (Å²) in [5.74, 6) is 0.102. The minimum absolute atomic E-state index is 0.102. The van der Waals surface area contributed by atoms with Gasteiger partial charge in [0.05, 0.1) is 0 Å². The van der Waals surface area contributed by atoms with Gasteiger partial charge in [-0.2, -0.15) is 0 Å². The first-order valence-electron chi connectivity index (χ1n) is 4.21. The first-order chi connectivity index (χ1) is 5.07. The highest BCUT2D eigenvalue weighted by molar-refractivity contribution is 5.52. The molecule has 0 rings (SSSR count). The second-order valence-electron chi connectivity index (χ2n) is 2.60. The monoisotopic (exact) mass is 141 g/mol. The van der Waals surface area contributed by atoms with Gasteiger partial charge in [-0.25, -0.2) is 0 Å². The van der Waals surface area contributed by atoms with Gasteiger partial charge in [0.15, 0.2) is 0 Å². The first kappa shape index (κ1) is 7.52. The molecule has 58 valence electrons. The van der Waals surface area contributed by atoms with Crippen LogP contribution in [0.25, 0.3) is 0 Å². The van der Waals surface area contributed by atoms with Crippen LogP contribution in [0.1, 0.15) is 34.5 Å². The van der Waals surface area contributed by atoms with E-state index < -0.39 is 0 Å². The van der Waals surface area contributed by atoms with E-state index in [1.807, 2.05) is 6.92 Å². The highest BCUT2D eigenvalue weighted by Crippen LogP contribution is 2.10. The molecule has 1 heteroatoms. The Hall–Kier alpha value is -0.590. The fourth-order valence-corrected chi connectivity index (χ4v) is 0.625. The van der Waals surface area contributed by atoms with E-state index in [-0.39, 0.29) is 12.3 Å². The lowest BCUT2D eigenvalue weighted by molar-refractivity contribution is -0.110. The molecule has 0 amide bonds. The van der Waals surface area contributed by atoms with Crippen LogP contribution in [0.15, 0.2) is 12.2 Å². The predicted octanol–water partition coefficient (Wildman–Crippen LogP) is 2.57. The van der Waals surface area contributed by atoms with Crippen LogP contribution in [0.5, 0.6) is 0 Å². The van der Waals surface area contributed by atoms with Crippen molar-refractivity contribution in [3.8, 4) is 0 Å². The van der Waals surface area contributed by atoms with Crippen molar-refractivity contribution in [3.05, 3.63) is 12.2 Å². The Bertz CT molecular complexity index is 140. The quantitative estimate of drug-likeness (QED) is 0.425. The maximum atomic E-state index is 10.2. The van der Waals surface area contributed by atoms with Gasteiger partial charge in [-0.15, -0.1) is 0 Å². The average molecular weight is 141 g/mol. The Kier molecular flexibility index (Phi) is 3.92. The fourth-order valence-electron chi connectivity index (χ4n) is 0.625. The van der Waals surface area contributed by atoms with Crippen LogP contribution in [0.2, 0.25) is 0 Å². The minimum atomic E-state index is -0.200. The Morgan fingerprint density at radius 2 is 2.50 bits per heavy atom. The molecule has 0 N–H and O–H groups in total. The number of rotatable bonds is 5. The van der Waals surface area contributed by atoms with Gasteiger partial charge in [-0.3, -0.25) is 0 Å². The molecule has 0 aliphatic carbocycles. The lowest BCUT2D eigenvalue weighted by atomic mass is 10.0. The van der Waals surface area contributed by atoms with E-state index in [0.29, 0.717) is 0 Å². The third-order valence-electron chi connectivity index (χ3n) is 1.56. The molecule has 0 saturated heterocycles. The van der Waals surface area contributed by atoms with Crippen LogP contribution in [0.3, 0.4) is 0 Å². The number of allylic oxidation sites excluding steroid dienone is 1. The molecule has 0 bridgehead atoms. The molecule has 0 aromatic heterocycles. The van der Waals surface area contributed by atoms with Gasteiger partial charge in [0.1, 0.15) is 6.29 Å². The van der Waals surface area contributed by atoms with E-state index >= 15 is 0 Å². The smallest absolute Gasteiger partial charge is 0.122 e. The van der Waals surface area contributed by atoms with Crippen molar-refractivity contribution in [2.75, 3.05) is 0 Å². The summed E-state index contributed by atoms with van der Waals surface area (Å²) in [6, 6.07) is 0. The molecule has 0 radical (unpaired) electrons. The highest BCUT2D eigenvalue weighted by atomic mass is 16.1. The van der Waals surface area contributed by atoms with Crippen molar-refractivity contribution in [2.45, 2.75) is 33.1 Å². The zero-order chi connectivity index (χ0) is 8.85. The zero-order valence-electron chi connectivity index (χ0n) is 7.76. The number of carbonyl (C=O) groups excluding carboxylic acids is 1. The Morgan fingerprint density at radius 1 is 1.90 bits per heavy atom. The molecule has 0 saturated carbocycles. The van der Waals surface area contributed by atoms with Gasteiger partial charge in [0, 0.05) is 7.29 Å². The summed E-state index contributed by atoms with van der Waals surface area (Å²) >= 11 is 0. The maximum absolute atomic E-state index is 10.2. The molecule has 10 heavy (non-hydrogen) atoms. The van der Waals surface area contributed by atoms with Crippen LogP contribution >= 0.6 is 0 Å². The van der Waals surface area contributed by atoms with Crippen molar-refractivity contribution in [1.82, 2.24) is 0 Å². The minimum Gasteiger partial charge on any atom is -0.303 e. The summed E-state index contributed by atoms with van der Waals surface area (Å²) in [5.41, 5.74) is 0.915. The predicted molar refractivity (Wildman–Crippen MR) is 43.9 cm³/mol. The van der Waals surface area contributed by atoms with E-state index in [1.165, 1.54) is 0 Å². The standard InChI is InChI=1S/C9H16O/c1-4-8(2)5-6-9(3)7-10/h7,9H,2,4-6H2,1,3H3/t9-/m1/s1/i4D/t4-,9-. The van der Waals surface area contributed by atoms with Gasteiger partial charge in [0.2, 0.25) is 0 Å². The summed E-state index contributed by atoms with van der Waals surface area (Å²) in [6.07, 6.45) is 2.37. The summed E-state index contributed by atoms with van der Waals surface area (Å²) in [6.45, 7) is 7.44. The van der Waals surface area contributed by atoms with E-state index in [9.17, 15) is 4.79 Å². The molecule has 0 heterocycles. The van der Waals surface area contributed by atoms with Crippen LogP contribution in [0, 0.1) is 5.92 Å². The lowest BCUT2D eigenvalue weighted by Gasteiger charge is -2.03. The Morgan fingerprint density at radius 3 is 2.90 bits per heavy atom. The first-order valence-corrected chi connectivity index (χ1v) is 3.63. The molecule has 0 aromatic rings. The molecular formula is C9H16O. The third-order valence-corrected chi connectivity index (χ3v) is 1.56. The van der Waals surface area contributed by atoms with Crippen molar-refractivity contribution in [3.63, 3.8) is 0 Å². The van der Waals surface area contributed by atoms with Crippen LogP contribution in [-0.4, -0.2) is 6.29 Å². The number of aldehydes is 1. The second-order valence-corrected chi connectivity index (χ2v) is 2.60. The maximum Gasteiger partial charge on any atom is 0.122 e. The van der Waals surface area contributed by atoms with Gasteiger partial charge in [-0.05, 0) is 19.2 Å². The molecule has 0 aliphatic rings. The normalized spacial score (nSPS) is 17.2. The molecule has 0 aromatic carbocycles. The molecule has 0 unspecified atom stereocenters. The lowest BCUT2D eigenvalue weighted by Crippen LogP contribution is -1.95. The summed E-state index contributed by atoms with van der Waals surface area (Å²) in [5, 5.41) is 0. The Balaban J connectivity index is 3.54. The largest absolute Gasteiger partial charge is 0.303 e. The van der Waals surface area contributed by atoms with Gasteiger partial charge >= 0.3 is 0 Å². The van der Waals surface area contributed by atoms with Crippen LogP contribution in [-0.2, 0) is 4.79 Å². The molecular weight excluding hydrogens is 124 g/mol. The van der Waals surface area contributed by atoms with Gasteiger partial charge in [-0.1, -0.05) is 26.0 Å². The highest BCUT2D eigenvalue weighted by Gasteiger charge is 1.99. The second kappa shape index (κ2) is 5.21. The van der Waals surface area contributed by atoms with Crippen molar-refractivity contribution in [1.29, 1.82) is 0 Å². The SMILES string of the molecule is [2H][C@H](C)C(=C)CC[C@@H](C)C=O. The third kappa shape index (κ3) is 4.30. The van der Waals surface area contributed by atoms with Crippen molar-refractivity contribution >= 4 is 6.29 Å². The number of hydrogen-bond donors (Lipinski definition) is 0. The summed E-state index contributed by atoms with van der Waals surface area (Å²) in [7, 11) is 0. The zero-order valence-corrected chi connectivity index (χ0v) is 6.76. The topological polar surface area (TPSA) is 17.1 Å². The van der Waals surface area contributed by atoms with Gasteiger partial charge in [0.25, 0.3) is 0 Å². The van der Waals surface area contributed by atoms with Gasteiger partial charge < -0.3 is 4.79 Å². The number of hydrogen-bond acceptors (Lipinski definition) is 1. The van der Waals surface area contributed by atoms with E-state index in [1.54, 1.807) is 6.92 Å².